The van der Waals surface area contributed by atoms with Gasteiger partial charge >= 0.3 is 0 Å². The van der Waals surface area contributed by atoms with E-state index in [1.165, 1.54) is 30.3 Å². The summed E-state index contributed by atoms with van der Waals surface area (Å²) in [6.07, 6.45) is 0. The maximum Gasteiger partial charge on any atom is 0.228 e. The molecule has 0 aliphatic carbocycles. The molecule has 0 amide bonds. The third-order valence-corrected chi connectivity index (χ3v) is 5.24. The molecular formula is C23H22FNO4. The van der Waals surface area contributed by atoms with Gasteiger partial charge in [0, 0.05) is 17.2 Å². The van der Waals surface area contributed by atoms with Crippen LogP contribution < -0.4 is 10.5 Å². The van der Waals surface area contributed by atoms with E-state index in [0.717, 1.165) is 5.56 Å². The van der Waals surface area contributed by atoms with E-state index < -0.39 is 11.4 Å². The molecule has 2 heterocycles. The second kappa shape index (κ2) is 6.37. The van der Waals surface area contributed by atoms with Crippen molar-refractivity contribution < 1.29 is 23.4 Å². The van der Waals surface area contributed by atoms with Crippen LogP contribution in [0.3, 0.4) is 0 Å². The first-order valence-electron chi connectivity index (χ1n) is 9.39. The largest absolute Gasteiger partial charge is 0.507 e. The SMILES string of the molecule is CC(C)c1cc2c(cc1F)-c1c(O)cc(C(=O)c3ccc(N)o3)cc1OC2(C)C. The number of phenolic OH excluding ortho intramolecular Hbond substituents is 1. The molecule has 150 valence electrons. The number of aromatic hydroxyl groups is 1. The molecule has 0 unspecified atom stereocenters. The standard InChI is InChI=1S/C23H22FNO4/c1-11(2)13-9-15-14(10-16(13)24)21-17(26)7-12(8-19(21)29-23(15,3)4)22(27)18-5-6-20(25)28-18/h5-11,26H,25H2,1-4H3. The summed E-state index contributed by atoms with van der Waals surface area (Å²) >= 11 is 0. The summed E-state index contributed by atoms with van der Waals surface area (Å²) < 4.78 is 26.1. The number of carbonyl (C=O) groups is 1. The van der Waals surface area contributed by atoms with Crippen molar-refractivity contribution in [2.45, 2.75) is 39.2 Å². The number of benzene rings is 2. The molecule has 4 rings (SSSR count). The van der Waals surface area contributed by atoms with Gasteiger partial charge in [0.05, 0.1) is 5.56 Å². The minimum atomic E-state index is -0.775. The maximum absolute atomic E-state index is 14.7. The zero-order valence-electron chi connectivity index (χ0n) is 16.7. The Kier molecular flexibility index (Phi) is 4.19. The highest BCUT2D eigenvalue weighted by atomic mass is 19.1. The van der Waals surface area contributed by atoms with Crippen molar-refractivity contribution in [1.82, 2.24) is 0 Å². The van der Waals surface area contributed by atoms with Crippen molar-refractivity contribution in [2.75, 3.05) is 5.73 Å². The Labute approximate surface area is 167 Å². The lowest BCUT2D eigenvalue weighted by molar-refractivity contribution is 0.0991. The molecule has 3 aromatic rings. The van der Waals surface area contributed by atoms with Gasteiger partial charge in [0.1, 0.15) is 22.9 Å². The molecule has 0 saturated heterocycles. The Balaban J connectivity index is 1.90. The van der Waals surface area contributed by atoms with Gasteiger partial charge in [-0.15, -0.1) is 0 Å². The molecule has 0 saturated carbocycles. The number of anilines is 1. The Hall–Kier alpha value is -3.28. The minimum Gasteiger partial charge on any atom is -0.507 e. The molecule has 1 aliphatic rings. The molecule has 5 nitrogen and oxygen atoms in total. The third kappa shape index (κ3) is 3.05. The fraction of sp³-hybridized carbons (Fsp3) is 0.261. The first-order valence-corrected chi connectivity index (χ1v) is 9.39. The van der Waals surface area contributed by atoms with E-state index in [-0.39, 0.29) is 34.7 Å². The molecular weight excluding hydrogens is 373 g/mol. The normalized spacial score (nSPS) is 14.3. The van der Waals surface area contributed by atoms with Crippen LogP contribution >= 0.6 is 0 Å². The molecule has 6 heteroatoms. The lowest BCUT2D eigenvalue weighted by atomic mass is 9.82. The van der Waals surface area contributed by atoms with Gasteiger partial charge in [-0.2, -0.15) is 0 Å². The summed E-state index contributed by atoms with van der Waals surface area (Å²) in [5.74, 6) is -0.447. The average molecular weight is 395 g/mol. The van der Waals surface area contributed by atoms with Crippen LogP contribution in [0.2, 0.25) is 0 Å². The van der Waals surface area contributed by atoms with Crippen LogP contribution in [0.1, 0.15) is 60.9 Å². The molecule has 0 fully saturated rings. The molecule has 1 aromatic heterocycles. The highest BCUT2D eigenvalue weighted by Crippen LogP contribution is 2.50. The minimum absolute atomic E-state index is 0.00632. The van der Waals surface area contributed by atoms with Gasteiger partial charge in [-0.25, -0.2) is 4.39 Å². The number of nitrogens with two attached hydrogens (primary N) is 1. The van der Waals surface area contributed by atoms with Crippen LogP contribution in [-0.2, 0) is 5.60 Å². The number of ether oxygens (including phenoxy) is 1. The van der Waals surface area contributed by atoms with Gasteiger partial charge < -0.3 is 20.0 Å². The average Bonchev–Trinajstić information content (AvgIpc) is 3.05. The van der Waals surface area contributed by atoms with E-state index in [9.17, 15) is 14.3 Å². The van der Waals surface area contributed by atoms with Crippen LogP contribution in [0.5, 0.6) is 11.5 Å². The summed E-state index contributed by atoms with van der Waals surface area (Å²) in [6.45, 7) is 7.59. The van der Waals surface area contributed by atoms with Crippen molar-refractivity contribution in [3.8, 4) is 22.6 Å². The highest BCUT2D eigenvalue weighted by Gasteiger charge is 2.36. The van der Waals surface area contributed by atoms with E-state index >= 15 is 0 Å². The Morgan fingerprint density at radius 1 is 1.17 bits per heavy atom. The zero-order chi connectivity index (χ0) is 21.1. The molecule has 29 heavy (non-hydrogen) atoms. The summed E-state index contributed by atoms with van der Waals surface area (Å²) in [7, 11) is 0. The van der Waals surface area contributed by atoms with Crippen molar-refractivity contribution in [3.63, 3.8) is 0 Å². The molecule has 0 atom stereocenters. The van der Waals surface area contributed by atoms with Crippen LogP contribution in [0.15, 0.2) is 40.8 Å². The molecule has 1 aliphatic heterocycles. The number of nitrogen functional groups attached to an aromatic ring is 1. The lowest BCUT2D eigenvalue weighted by Crippen LogP contribution is -2.30. The predicted octanol–water partition coefficient (Wildman–Crippen LogP) is 5.36. The highest BCUT2D eigenvalue weighted by molar-refractivity contribution is 6.08. The Bertz CT molecular complexity index is 1140. The maximum atomic E-state index is 14.7. The van der Waals surface area contributed by atoms with Crippen LogP contribution in [0.4, 0.5) is 10.3 Å². The first kappa shape index (κ1) is 19.1. The molecule has 0 radical (unpaired) electrons. The van der Waals surface area contributed by atoms with Crippen molar-refractivity contribution in [2.24, 2.45) is 0 Å². The summed E-state index contributed by atoms with van der Waals surface area (Å²) in [4.78, 5) is 12.7. The zero-order valence-corrected chi connectivity index (χ0v) is 16.7. The summed E-state index contributed by atoms with van der Waals surface area (Å²) in [6, 6.07) is 9.05. The van der Waals surface area contributed by atoms with Gasteiger partial charge in [-0.1, -0.05) is 13.8 Å². The smallest absolute Gasteiger partial charge is 0.228 e. The van der Waals surface area contributed by atoms with Crippen LogP contribution in [0, 0.1) is 5.82 Å². The number of phenols is 1. The second-order valence-electron chi connectivity index (χ2n) is 8.09. The van der Waals surface area contributed by atoms with Crippen LogP contribution in [-0.4, -0.2) is 10.9 Å². The summed E-state index contributed by atoms with van der Waals surface area (Å²) in [5, 5.41) is 10.7. The number of fused-ring (bicyclic) bond motifs is 3. The quantitative estimate of drug-likeness (QED) is 0.584. The van der Waals surface area contributed by atoms with Crippen LogP contribution in [0.25, 0.3) is 11.1 Å². The molecule has 2 aromatic carbocycles. The molecule has 3 N–H and O–H groups in total. The molecule has 0 spiro atoms. The third-order valence-electron chi connectivity index (χ3n) is 5.24. The van der Waals surface area contributed by atoms with E-state index in [1.54, 1.807) is 6.07 Å². The van der Waals surface area contributed by atoms with Crippen molar-refractivity contribution in [1.29, 1.82) is 0 Å². The van der Waals surface area contributed by atoms with E-state index in [4.69, 9.17) is 14.9 Å². The monoisotopic (exact) mass is 395 g/mol. The summed E-state index contributed by atoms with van der Waals surface area (Å²) in [5.41, 5.74) is 7.24. The van der Waals surface area contributed by atoms with Crippen molar-refractivity contribution in [3.05, 3.63) is 64.7 Å². The number of ketones is 1. The number of furan rings is 1. The lowest BCUT2D eigenvalue weighted by Gasteiger charge is -2.36. The van der Waals surface area contributed by atoms with Gasteiger partial charge in [-0.05, 0) is 61.2 Å². The Morgan fingerprint density at radius 2 is 1.90 bits per heavy atom. The number of hydrogen-bond donors (Lipinski definition) is 2. The number of rotatable bonds is 3. The second-order valence-corrected chi connectivity index (χ2v) is 8.09. The fourth-order valence-corrected chi connectivity index (χ4v) is 3.77. The number of halogens is 1. The van der Waals surface area contributed by atoms with E-state index in [1.807, 2.05) is 27.7 Å². The first-order chi connectivity index (χ1) is 13.6. The molecule has 0 bridgehead atoms. The number of carbonyl (C=O) groups excluding carboxylic acids is 1. The fourth-order valence-electron chi connectivity index (χ4n) is 3.77. The Morgan fingerprint density at radius 3 is 2.52 bits per heavy atom. The predicted molar refractivity (Wildman–Crippen MR) is 108 cm³/mol. The van der Waals surface area contributed by atoms with Crippen molar-refractivity contribution >= 4 is 11.7 Å². The van der Waals surface area contributed by atoms with Gasteiger partial charge in [0.15, 0.2) is 11.6 Å². The van der Waals surface area contributed by atoms with Gasteiger partial charge in [0.2, 0.25) is 5.78 Å². The van der Waals surface area contributed by atoms with E-state index in [0.29, 0.717) is 22.4 Å². The number of hydrogen-bond acceptors (Lipinski definition) is 5. The van der Waals surface area contributed by atoms with Gasteiger partial charge in [-0.3, -0.25) is 4.79 Å². The van der Waals surface area contributed by atoms with Gasteiger partial charge in [0.25, 0.3) is 0 Å². The van der Waals surface area contributed by atoms with E-state index in [2.05, 4.69) is 0 Å². The topological polar surface area (TPSA) is 85.7 Å².